The van der Waals surface area contributed by atoms with E-state index in [1.807, 2.05) is 24.3 Å². The first-order chi connectivity index (χ1) is 7.61. The summed E-state index contributed by atoms with van der Waals surface area (Å²) in [6.45, 7) is 16.0. The van der Waals surface area contributed by atoms with Gasteiger partial charge in [0.15, 0.2) is 0 Å². The highest BCUT2D eigenvalue weighted by Crippen LogP contribution is 2.11. The van der Waals surface area contributed by atoms with Crippen LogP contribution in [0.25, 0.3) is 37.4 Å². The van der Waals surface area contributed by atoms with Gasteiger partial charge in [0, 0.05) is 0 Å². The highest BCUT2D eigenvalue weighted by Gasteiger charge is 1.99. The van der Waals surface area contributed by atoms with E-state index >= 15 is 0 Å². The number of hydrogen-bond acceptors (Lipinski definition) is 0. The molecular formula is C16H14. The highest BCUT2D eigenvalue weighted by molar-refractivity contribution is 5.64. The molecule has 0 saturated heterocycles. The fourth-order valence-electron chi connectivity index (χ4n) is 1.76. The second-order valence-corrected chi connectivity index (χ2v) is 3.88. The van der Waals surface area contributed by atoms with Gasteiger partial charge in [-0.1, -0.05) is 56.6 Å². The minimum atomic E-state index is 0.879. The summed E-state index contributed by atoms with van der Waals surface area (Å²) in [5.74, 6) is 0. The third-order valence-corrected chi connectivity index (χ3v) is 2.84. The van der Waals surface area contributed by atoms with Crippen LogP contribution in [0.15, 0.2) is 36.4 Å². The quantitative estimate of drug-likeness (QED) is 0.653. The minimum absolute atomic E-state index is 0.879. The standard InChI is InChI=1S/C16H14/c1-11-10-16(14(4)13(3)12(11)2)15-8-6-5-7-9-15/h5-10H,1-4H2. The molecule has 0 saturated carbocycles. The maximum atomic E-state index is 4.07. The van der Waals surface area contributed by atoms with E-state index in [-0.39, 0.29) is 0 Å². The predicted molar refractivity (Wildman–Crippen MR) is 72.5 cm³/mol. The van der Waals surface area contributed by atoms with Gasteiger partial charge in [-0.15, -0.1) is 0 Å². The first-order valence-electron chi connectivity index (χ1n) is 5.15. The second kappa shape index (κ2) is 3.82. The van der Waals surface area contributed by atoms with Crippen LogP contribution in [-0.4, -0.2) is 0 Å². The van der Waals surface area contributed by atoms with Crippen molar-refractivity contribution in [1.29, 1.82) is 0 Å². The summed E-state index contributed by atoms with van der Waals surface area (Å²) in [4.78, 5) is 0. The summed E-state index contributed by atoms with van der Waals surface area (Å²) in [7, 11) is 0. The molecule has 0 unspecified atom stereocenters. The summed E-state index contributed by atoms with van der Waals surface area (Å²) in [6.07, 6.45) is 0. The van der Waals surface area contributed by atoms with Crippen molar-refractivity contribution in [3.63, 3.8) is 0 Å². The lowest BCUT2D eigenvalue weighted by Crippen LogP contribution is -2.46. The molecule has 0 amide bonds. The van der Waals surface area contributed by atoms with E-state index in [4.69, 9.17) is 0 Å². The highest BCUT2D eigenvalue weighted by atomic mass is 14.0. The second-order valence-electron chi connectivity index (χ2n) is 3.88. The van der Waals surface area contributed by atoms with E-state index < -0.39 is 0 Å². The third kappa shape index (κ3) is 1.59. The van der Waals surface area contributed by atoms with Gasteiger partial charge in [0.2, 0.25) is 0 Å². The molecule has 0 nitrogen and oxygen atoms in total. The molecule has 0 N–H and O–H groups in total. The predicted octanol–water partition coefficient (Wildman–Crippen LogP) is 0.995. The Morgan fingerprint density at radius 1 is 0.688 bits per heavy atom. The largest absolute Gasteiger partial charge is 0.0911 e. The molecule has 0 aliphatic carbocycles. The van der Waals surface area contributed by atoms with Crippen LogP contribution in [0, 0.1) is 0 Å². The monoisotopic (exact) mass is 206 g/mol. The average molecular weight is 206 g/mol. The van der Waals surface area contributed by atoms with Crippen molar-refractivity contribution < 1.29 is 0 Å². The van der Waals surface area contributed by atoms with Crippen LogP contribution in [-0.2, 0) is 0 Å². The van der Waals surface area contributed by atoms with Crippen LogP contribution in [0.5, 0.6) is 0 Å². The molecule has 0 heteroatoms. The number of benzene rings is 2. The fraction of sp³-hybridized carbons (Fsp3) is 0. The summed E-state index contributed by atoms with van der Waals surface area (Å²) in [6, 6.07) is 12.2. The van der Waals surface area contributed by atoms with Crippen LogP contribution < -0.4 is 20.9 Å². The molecule has 0 bridgehead atoms. The Bertz CT molecular complexity index is 709. The lowest BCUT2D eigenvalue weighted by atomic mass is 10.0. The Morgan fingerprint density at radius 2 is 1.31 bits per heavy atom. The number of hydrogen-bond donors (Lipinski definition) is 0. The average Bonchev–Trinajstić information content (AvgIpc) is 2.32. The van der Waals surface area contributed by atoms with E-state index in [9.17, 15) is 0 Å². The van der Waals surface area contributed by atoms with E-state index in [0.29, 0.717) is 0 Å². The van der Waals surface area contributed by atoms with Gasteiger partial charge in [0.05, 0.1) is 0 Å². The van der Waals surface area contributed by atoms with Gasteiger partial charge in [0.25, 0.3) is 0 Å². The van der Waals surface area contributed by atoms with Crippen molar-refractivity contribution in [2.75, 3.05) is 0 Å². The molecule has 2 aromatic rings. The molecule has 0 fully saturated rings. The zero-order valence-corrected chi connectivity index (χ0v) is 9.29. The first kappa shape index (κ1) is 10.4. The molecule has 0 aliphatic heterocycles. The maximum Gasteiger partial charge on any atom is -0.0105 e. The van der Waals surface area contributed by atoms with Crippen LogP contribution >= 0.6 is 0 Å². The van der Waals surface area contributed by atoms with Crippen molar-refractivity contribution >= 4 is 26.3 Å². The Balaban J connectivity index is 2.89. The number of rotatable bonds is 1. The van der Waals surface area contributed by atoms with Gasteiger partial charge in [-0.3, -0.25) is 0 Å². The van der Waals surface area contributed by atoms with Crippen molar-refractivity contribution in [2.24, 2.45) is 0 Å². The molecule has 0 aliphatic rings. The fourth-order valence-corrected chi connectivity index (χ4v) is 1.76. The van der Waals surface area contributed by atoms with Crippen LogP contribution in [0.4, 0.5) is 0 Å². The maximum absolute atomic E-state index is 4.07. The van der Waals surface area contributed by atoms with Gasteiger partial charge in [-0.25, -0.2) is 0 Å². The van der Waals surface area contributed by atoms with Gasteiger partial charge in [-0.2, -0.15) is 0 Å². The molecule has 0 aromatic heterocycles. The minimum Gasteiger partial charge on any atom is -0.0911 e. The smallest absolute Gasteiger partial charge is 0.0105 e. The SMILES string of the molecule is C=c1cc(-c2ccccc2)c(=C)c(=C)c1=C. The molecule has 78 valence electrons. The Kier molecular flexibility index (Phi) is 2.49. The summed E-state index contributed by atoms with van der Waals surface area (Å²) >= 11 is 0. The normalized spacial score (nSPS) is 10.2. The zero-order valence-electron chi connectivity index (χ0n) is 9.29. The molecule has 0 spiro atoms. The Morgan fingerprint density at radius 3 is 1.94 bits per heavy atom. The van der Waals surface area contributed by atoms with E-state index in [0.717, 1.165) is 32.0 Å². The van der Waals surface area contributed by atoms with Gasteiger partial charge >= 0.3 is 0 Å². The molecule has 0 atom stereocenters. The molecule has 2 rings (SSSR count). The third-order valence-electron chi connectivity index (χ3n) is 2.84. The Hall–Kier alpha value is -2.08. The van der Waals surface area contributed by atoms with Crippen LogP contribution in [0.2, 0.25) is 0 Å². The molecule has 16 heavy (non-hydrogen) atoms. The first-order valence-corrected chi connectivity index (χ1v) is 5.15. The van der Waals surface area contributed by atoms with Crippen molar-refractivity contribution in [2.45, 2.75) is 0 Å². The van der Waals surface area contributed by atoms with Crippen molar-refractivity contribution in [3.8, 4) is 11.1 Å². The van der Waals surface area contributed by atoms with Gasteiger partial charge in [-0.05, 0) is 38.1 Å². The zero-order chi connectivity index (χ0) is 11.7. The van der Waals surface area contributed by atoms with Gasteiger partial charge in [0.1, 0.15) is 0 Å². The molecule has 2 aromatic carbocycles. The lowest BCUT2D eigenvalue weighted by molar-refractivity contribution is 1.42. The van der Waals surface area contributed by atoms with E-state index in [1.165, 1.54) is 0 Å². The summed E-state index contributed by atoms with van der Waals surface area (Å²) in [5, 5.41) is 3.61. The van der Waals surface area contributed by atoms with E-state index in [2.05, 4.69) is 38.4 Å². The van der Waals surface area contributed by atoms with Crippen molar-refractivity contribution in [1.82, 2.24) is 0 Å². The summed E-state index contributed by atoms with van der Waals surface area (Å²) in [5.41, 5.74) is 2.23. The summed E-state index contributed by atoms with van der Waals surface area (Å²) < 4.78 is 0. The van der Waals surface area contributed by atoms with Crippen LogP contribution in [0.1, 0.15) is 0 Å². The molecule has 0 radical (unpaired) electrons. The van der Waals surface area contributed by atoms with Gasteiger partial charge < -0.3 is 0 Å². The molecular weight excluding hydrogens is 192 g/mol. The molecule has 0 heterocycles. The topological polar surface area (TPSA) is 0 Å². The Labute approximate surface area is 95.2 Å². The van der Waals surface area contributed by atoms with E-state index in [1.54, 1.807) is 0 Å². The van der Waals surface area contributed by atoms with Crippen LogP contribution in [0.3, 0.4) is 0 Å². The van der Waals surface area contributed by atoms with Crippen molar-refractivity contribution in [3.05, 3.63) is 57.3 Å². The lowest BCUT2D eigenvalue weighted by Gasteiger charge is -2.03.